The molecular weight excluding hydrogens is 359 g/mol. The first-order chi connectivity index (χ1) is 11.5. The van der Waals surface area contributed by atoms with Gasteiger partial charge in [-0.15, -0.1) is 0 Å². The molecule has 1 aromatic heterocycles. The number of anilines is 1. The van der Waals surface area contributed by atoms with Crippen molar-refractivity contribution < 1.29 is 4.79 Å². The average Bonchev–Trinajstić information content (AvgIpc) is 2.44. The van der Waals surface area contributed by atoms with E-state index < -0.39 is 0 Å². The molecule has 5 nitrogen and oxygen atoms in total. The first kappa shape index (κ1) is 20.1. The Labute approximate surface area is 160 Å². The van der Waals surface area contributed by atoms with Gasteiger partial charge in [0.1, 0.15) is 0 Å². The summed E-state index contributed by atoms with van der Waals surface area (Å²) in [6.45, 7) is 13.3. The van der Waals surface area contributed by atoms with Crippen LogP contribution in [0.4, 0.5) is 10.5 Å². The minimum atomic E-state index is -0.246. The van der Waals surface area contributed by atoms with Crippen LogP contribution in [-0.4, -0.2) is 47.6 Å². The molecule has 1 saturated heterocycles. The van der Waals surface area contributed by atoms with Gasteiger partial charge in [-0.2, -0.15) is 0 Å². The van der Waals surface area contributed by atoms with Gasteiger partial charge < -0.3 is 15.1 Å². The highest BCUT2D eigenvalue weighted by Gasteiger charge is 2.30. The maximum absolute atomic E-state index is 12.6. The number of hydrogen-bond acceptors (Lipinski definition) is 3. The van der Waals surface area contributed by atoms with Gasteiger partial charge in [0.25, 0.3) is 0 Å². The monoisotopic (exact) mass is 386 g/mol. The fourth-order valence-corrected chi connectivity index (χ4v) is 4.18. The van der Waals surface area contributed by atoms with Crippen LogP contribution < -0.4 is 10.2 Å². The minimum Gasteiger partial charge on any atom is -0.365 e. The van der Waals surface area contributed by atoms with Crippen LogP contribution in [0.1, 0.15) is 41.0 Å². The molecule has 1 aliphatic rings. The Morgan fingerprint density at radius 3 is 2.08 bits per heavy atom. The third-order valence-electron chi connectivity index (χ3n) is 4.13. The Bertz CT molecular complexity index is 600. The summed E-state index contributed by atoms with van der Waals surface area (Å²) in [5, 5.41) is 4.24. The van der Waals surface area contributed by atoms with Crippen molar-refractivity contribution in [2.75, 3.05) is 31.1 Å². The second-order valence-corrected chi connectivity index (χ2v) is 9.29. The summed E-state index contributed by atoms with van der Waals surface area (Å²) in [5.41, 5.74) is 0.709. The number of halogens is 2. The van der Waals surface area contributed by atoms with E-state index in [0.29, 0.717) is 36.2 Å². The van der Waals surface area contributed by atoms with Crippen LogP contribution in [0.3, 0.4) is 0 Å². The molecular formula is C18H28Cl2N4O. The van der Waals surface area contributed by atoms with Gasteiger partial charge >= 0.3 is 6.03 Å². The van der Waals surface area contributed by atoms with Crippen molar-refractivity contribution >= 4 is 34.9 Å². The van der Waals surface area contributed by atoms with Crippen molar-refractivity contribution in [1.82, 2.24) is 15.2 Å². The first-order valence-corrected chi connectivity index (χ1v) is 9.35. The van der Waals surface area contributed by atoms with Crippen LogP contribution >= 0.6 is 23.2 Å². The van der Waals surface area contributed by atoms with Crippen LogP contribution in [0.15, 0.2) is 12.4 Å². The summed E-state index contributed by atoms with van der Waals surface area (Å²) in [6.07, 6.45) is 4.10. The maximum atomic E-state index is 12.6. The number of carbonyl (C=O) groups excluding carboxylic acids is 1. The Kier molecular flexibility index (Phi) is 6.10. The van der Waals surface area contributed by atoms with Crippen molar-refractivity contribution in [3.63, 3.8) is 0 Å². The lowest BCUT2D eigenvalue weighted by atomic mass is 9.82. The number of nitrogens with zero attached hydrogens (tertiary/aromatic N) is 3. The number of amides is 2. The van der Waals surface area contributed by atoms with E-state index in [9.17, 15) is 4.79 Å². The van der Waals surface area contributed by atoms with E-state index in [1.54, 1.807) is 12.4 Å². The smallest absolute Gasteiger partial charge is 0.317 e. The Balaban J connectivity index is 1.95. The van der Waals surface area contributed by atoms with Gasteiger partial charge in [0.15, 0.2) is 0 Å². The topological polar surface area (TPSA) is 48.5 Å². The Morgan fingerprint density at radius 2 is 1.60 bits per heavy atom. The zero-order valence-electron chi connectivity index (χ0n) is 15.7. The molecule has 0 unspecified atom stereocenters. The van der Waals surface area contributed by atoms with Crippen molar-refractivity contribution in [1.29, 1.82) is 0 Å². The Morgan fingerprint density at radius 1 is 1.08 bits per heavy atom. The highest BCUT2D eigenvalue weighted by atomic mass is 35.5. The molecule has 140 valence electrons. The van der Waals surface area contributed by atoms with Crippen LogP contribution in [0, 0.1) is 5.41 Å². The quantitative estimate of drug-likeness (QED) is 0.835. The van der Waals surface area contributed by atoms with Crippen molar-refractivity contribution in [3.8, 4) is 0 Å². The zero-order valence-corrected chi connectivity index (χ0v) is 17.2. The van der Waals surface area contributed by atoms with Crippen LogP contribution in [-0.2, 0) is 0 Å². The first-order valence-electron chi connectivity index (χ1n) is 8.60. The van der Waals surface area contributed by atoms with E-state index in [-0.39, 0.29) is 17.0 Å². The van der Waals surface area contributed by atoms with Gasteiger partial charge in [0.05, 0.1) is 15.7 Å². The molecule has 1 aromatic rings. The molecule has 0 radical (unpaired) electrons. The zero-order chi connectivity index (χ0) is 18.8. The molecule has 1 fully saturated rings. The molecule has 0 atom stereocenters. The standard InChI is InChI=1S/C18H28Cl2N4O/c1-17(2,3)12-18(4,5)22-16(25)24-8-6-23(7-9-24)15-13(19)10-21-11-14(15)20/h10-11H,6-9,12H2,1-5H3,(H,22,25). The number of piperazine rings is 1. The molecule has 0 aliphatic carbocycles. The number of urea groups is 1. The lowest BCUT2D eigenvalue weighted by Gasteiger charge is -2.39. The molecule has 0 spiro atoms. The second-order valence-electron chi connectivity index (χ2n) is 8.48. The molecule has 2 rings (SSSR count). The molecule has 25 heavy (non-hydrogen) atoms. The molecule has 7 heteroatoms. The summed E-state index contributed by atoms with van der Waals surface area (Å²) in [5.74, 6) is 0. The molecule has 1 N–H and O–H groups in total. The number of pyridine rings is 1. The lowest BCUT2D eigenvalue weighted by Crippen LogP contribution is -2.56. The van der Waals surface area contributed by atoms with E-state index >= 15 is 0 Å². The van der Waals surface area contributed by atoms with E-state index in [2.05, 4.69) is 49.8 Å². The van der Waals surface area contributed by atoms with Gasteiger partial charge in [-0.25, -0.2) is 4.79 Å². The molecule has 1 aliphatic heterocycles. The maximum Gasteiger partial charge on any atom is 0.317 e. The van der Waals surface area contributed by atoms with Crippen LogP contribution in [0.2, 0.25) is 10.0 Å². The second kappa shape index (κ2) is 7.58. The van der Waals surface area contributed by atoms with E-state index in [4.69, 9.17) is 23.2 Å². The highest BCUT2D eigenvalue weighted by molar-refractivity contribution is 6.38. The molecule has 2 heterocycles. The van der Waals surface area contributed by atoms with Gasteiger partial charge in [-0.05, 0) is 25.7 Å². The lowest BCUT2D eigenvalue weighted by molar-refractivity contribution is 0.172. The van der Waals surface area contributed by atoms with Gasteiger partial charge in [0, 0.05) is 44.1 Å². The van der Waals surface area contributed by atoms with Crippen molar-refractivity contribution in [2.45, 2.75) is 46.6 Å². The van der Waals surface area contributed by atoms with E-state index in [1.165, 1.54) is 0 Å². The Hall–Kier alpha value is -1.20. The average molecular weight is 387 g/mol. The molecule has 0 aromatic carbocycles. The fraction of sp³-hybridized carbons (Fsp3) is 0.667. The summed E-state index contributed by atoms with van der Waals surface area (Å²) < 4.78 is 0. The van der Waals surface area contributed by atoms with Crippen LogP contribution in [0.5, 0.6) is 0 Å². The number of carbonyl (C=O) groups is 1. The molecule has 0 bridgehead atoms. The summed E-state index contributed by atoms with van der Waals surface area (Å²) in [4.78, 5) is 20.6. The van der Waals surface area contributed by atoms with Crippen molar-refractivity contribution in [2.24, 2.45) is 5.41 Å². The normalized spacial score (nSPS) is 16.1. The van der Waals surface area contributed by atoms with Crippen molar-refractivity contribution in [3.05, 3.63) is 22.4 Å². The predicted octanol–water partition coefficient (Wildman–Crippen LogP) is 4.43. The highest BCUT2D eigenvalue weighted by Crippen LogP contribution is 2.33. The largest absolute Gasteiger partial charge is 0.365 e. The summed E-state index contributed by atoms with van der Waals surface area (Å²) in [6, 6.07) is -0.0131. The molecule has 2 amide bonds. The minimum absolute atomic E-state index is 0.0131. The third-order valence-corrected chi connectivity index (χ3v) is 4.68. The summed E-state index contributed by atoms with van der Waals surface area (Å²) >= 11 is 12.5. The van der Waals surface area contributed by atoms with Gasteiger partial charge in [-0.1, -0.05) is 44.0 Å². The molecule has 0 saturated carbocycles. The van der Waals surface area contributed by atoms with Crippen LogP contribution in [0.25, 0.3) is 0 Å². The fourth-order valence-electron chi connectivity index (χ4n) is 3.58. The van der Waals surface area contributed by atoms with E-state index in [1.807, 2.05) is 4.90 Å². The number of aromatic nitrogens is 1. The van der Waals surface area contributed by atoms with Gasteiger partial charge in [-0.3, -0.25) is 4.98 Å². The van der Waals surface area contributed by atoms with Gasteiger partial charge in [0.2, 0.25) is 0 Å². The van der Waals surface area contributed by atoms with E-state index in [0.717, 1.165) is 12.1 Å². The third kappa shape index (κ3) is 5.65. The SMILES string of the molecule is CC(C)(C)CC(C)(C)NC(=O)N1CCN(c2c(Cl)cncc2Cl)CC1. The summed E-state index contributed by atoms with van der Waals surface area (Å²) in [7, 11) is 0. The number of rotatable bonds is 3. The predicted molar refractivity (Wildman–Crippen MR) is 105 cm³/mol. The number of nitrogens with one attached hydrogen (secondary N) is 1. The number of hydrogen-bond donors (Lipinski definition) is 1.